The summed E-state index contributed by atoms with van der Waals surface area (Å²) in [4.78, 5) is 18.5. The predicted molar refractivity (Wildman–Crippen MR) is 182 cm³/mol. The van der Waals surface area contributed by atoms with Crippen LogP contribution in [0.4, 0.5) is 16.6 Å². The van der Waals surface area contributed by atoms with Gasteiger partial charge < -0.3 is 26.2 Å². The minimum Gasteiger partial charge on any atom is -0.390 e. The normalized spacial score (nSPS) is 22.7. The van der Waals surface area contributed by atoms with Gasteiger partial charge in [-0.2, -0.15) is 5.10 Å². The molecule has 6 heterocycles. The zero-order chi connectivity index (χ0) is 31.7. The first-order valence-corrected chi connectivity index (χ1v) is 17.4. The van der Waals surface area contributed by atoms with Crippen molar-refractivity contribution in [3.8, 4) is 11.5 Å². The number of anilines is 3. The molecule has 240 valence electrons. The van der Waals surface area contributed by atoms with Crippen molar-refractivity contribution in [1.29, 1.82) is 0 Å². The molecule has 2 aliphatic carbocycles. The second kappa shape index (κ2) is 11.0. The van der Waals surface area contributed by atoms with Crippen molar-refractivity contribution in [2.45, 2.75) is 95.7 Å². The molecule has 0 bridgehead atoms. The first kappa shape index (κ1) is 29.4. The number of likely N-dealkylation sites (tertiary alicyclic amines) is 1. The number of nitrogens with two attached hydrogens (primary N) is 2. The van der Waals surface area contributed by atoms with Crippen LogP contribution in [-0.2, 0) is 18.3 Å². The van der Waals surface area contributed by atoms with Crippen LogP contribution in [0.15, 0.2) is 29.0 Å². The van der Waals surface area contributed by atoms with Gasteiger partial charge in [0.15, 0.2) is 22.9 Å². The van der Waals surface area contributed by atoms with E-state index in [1.807, 2.05) is 18.3 Å². The molecular weight excluding hydrogens is 597 g/mol. The van der Waals surface area contributed by atoms with E-state index in [1.54, 1.807) is 17.5 Å². The summed E-state index contributed by atoms with van der Waals surface area (Å²) in [5.41, 5.74) is 18.7. The molecule has 46 heavy (non-hydrogen) atoms. The molecule has 0 saturated carbocycles. The van der Waals surface area contributed by atoms with Gasteiger partial charge in [-0.3, -0.25) is 0 Å². The fraction of sp³-hybridized carbons (Fsp3) is 0.500. The van der Waals surface area contributed by atoms with Crippen molar-refractivity contribution in [3.05, 3.63) is 57.4 Å². The predicted octanol–water partition coefficient (Wildman–Crippen LogP) is 6.20. The smallest absolute Gasteiger partial charge is 0.186 e. The maximum absolute atomic E-state index is 6.49. The lowest BCUT2D eigenvalue weighted by Gasteiger charge is -2.39. The number of rotatable bonds is 6. The number of aryl methyl sites for hydroxylation is 1. The van der Waals surface area contributed by atoms with Gasteiger partial charge in [0.05, 0.1) is 34.1 Å². The number of pyridine rings is 1. The molecule has 5 N–H and O–H groups in total. The second-order valence-corrected chi connectivity index (χ2v) is 14.7. The van der Waals surface area contributed by atoms with Crippen LogP contribution in [0.25, 0.3) is 22.6 Å². The van der Waals surface area contributed by atoms with Gasteiger partial charge in [-0.25, -0.2) is 19.6 Å². The Labute approximate surface area is 272 Å². The Balaban J connectivity index is 1.27. The molecule has 3 aliphatic rings. The van der Waals surface area contributed by atoms with E-state index in [2.05, 4.69) is 47.7 Å². The number of thiophene rings is 1. The van der Waals surface area contributed by atoms with Gasteiger partial charge in [0.25, 0.3) is 0 Å². The average molecular weight is 639 g/mol. The van der Waals surface area contributed by atoms with E-state index >= 15 is 0 Å². The summed E-state index contributed by atoms with van der Waals surface area (Å²) in [6, 6.07) is 4.26. The van der Waals surface area contributed by atoms with Crippen molar-refractivity contribution in [1.82, 2.24) is 34.8 Å². The Kier molecular flexibility index (Phi) is 7.06. The third kappa shape index (κ3) is 4.44. The summed E-state index contributed by atoms with van der Waals surface area (Å²) in [6.45, 7) is 7.57. The number of hydrogen-bond donors (Lipinski definition) is 3. The Hall–Kier alpha value is -4.03. The number of aromatic nitrogens is 6. The molecule has 1 aliphatic heterocycles. The molecule has 8 rings (SSSR count). The van der Waals surface area contributed by atoms with Gasteiger partial charge in [-0.1, -0.05) is 11.2 Å². The summed E-state index contributed by atoms with van der Waals surface area (Å²) in [5, 5.41) is 15.1. The molecule has 0 aromatic carbocycles. The zero-order valence-corrected chi connectivity index (χ0v) is 27.8. The second-order valence-electron chi connectivity index (χ2n) is 13.5. The average Bonchev–Trinajstić information content (AvgIpc) is 3.84. The molecule has 5 aromatic rings. The van der Waals surface area contributed by atoms with E-state index in [0.29, 0.717) is 23.5 Å². The summed E-state index contributed by atoms with van der Waals surface area (Å²) in [7, 11) is 2.20. The van der Waals surface area contributed by atoms with Gasteiger partial charge in [0.1, 0.15) is 11.6 Å². The minimum atomic E-state index is -0.203. The highest BCUT2D eigenvalue weighted by molar-refractivity contribution is 7.16. The maximum atomic E-state index is 6.49. The zero-order valence-electron chi connectivity index (χ0n) is 27.0. The molecule has 1 spiro atoms. The van der Waals surface area contributed by atoms with E-state index in [0.717, 1.165) is 90.1 Å². The van der Waals surface area contributed by atoms with Crippen molar-refractivity contribution in [3.63, 3.8) is 0 Å². The Bertz CT molecular complexity index is 1940. The van der Waals surface area contributed by atoms with Crippen LogP contribution in [0, 0.1) is 6.92 Å². The van der Waals surface area contributed by atoms with Crippen LogP contribution >= 0.6 is 11.3 Å². The lowest BCUT2D eigenvalue weighted by atomic mass is 9.63. The number of nitrogens with one attached hydrogen (secondary N) is 1. The van der Waals surface area contributed by atoms with Gasteiger partial charge in [-0.15, -0.1) is 11.3 Å². The third-order valence-corrected chi connectivity index (χ3v) is 12.1. The van der Waals surface area contributed by atoms with Crippen LogP contribution in [-0.4, -0.2) is 54.4 Å². The van der Waals surface area contributed by atoms with Gasteiger partial charge in [0.2, 0.25) is 0 Å². The van der Waals surface area contributed by atoms with Crippen LogP contribution < -0.4 is 16.8 Å². The van der Waals surface area contributed by atoms with Crippen molar-refractivity contribution in [2.24, 2.45) is 0 Å². The van der Waals surface area contributed by atoms with Crippen LogP contribution in [0.1, 0.15) is 97.3 Å². The molecule has 0 radical (unpaired) electrons. The maximum Gasteiger partial charge on any atom is 0.186 e. The van der Waals surface area contributed by atoms with Gasteiger partial charge >= 0.3 is 0 Å². The molecule has 1 saturated heterocycles. The molecule has 1 fully saturated rings. The largest absolute Gasteiger partial charge is 0.390 e. The quantitative estimate of drug-likeness (QED) is 0.196. The highest BCUT2D eigenvalue weighted by Gasteiger charge is 2.48. The number of likely N-dealkylation sites (N-methyl/N-ethyl adjacent to an activating group) is 1. The van der Waals surface area contributed by atoms with E-state index in [9.17, 15) is 0 Å². The third-order valence-electron chi connectivity index (χ3n) is 10.9. The lowest BCUT2D eigenvalue weighted by molar-refractivity contribution is 0.232. The fourth-order valence-electron chi connectivity index (χ4n) is 8.55. The first-order valence-electron chi connectivity index (χ1n) is 16.6. The highest BCUT2D eigenvalue weighted by Crippen LogP contribution is 2.55. The summed E-state index contributed by atoms with van der Waals surface area (Å²) < 4.78 is 8.46. The number of nitrogen functional groups attached to an aromatic ring is 2. The Morgan fingerprint density at radius 3 is 2.74 bits per heavy atom. The first-order chi connectivity index (χ1) is 22.3. The van der Waals surface area contributed by atoms with Gasteiger partial charge in [-0.05, 0) is 103 Å². The Morgan fingerprint density at radius 2 is 1.96 bits per heavy atom. The van der Waals surface area contributed by atoms with Gasteiger partial charge in [0, 0.05) is 28.2 Å². The number of fused-ring (bicyclic) bond motifs is 5. The van der Waals surface area contributed by atoms with Crippen molar-refractivity contribution < 1.29 is 4.52 Å². The molecule has 5 aromatic heterocycles. The molecule has 0 amide bonds. The molecule has 0 unspecified atom stereocenters. The van der Waals surface area contributed by atoms with E-state index in [1.165, 1.54) is 22.4 Å². The summed E-state index contributed by atoms with van der Waals surface area (Å²) in [5.74, 6) is 2.71. The standard InChI is InChI=1S/C34H42N10OS/c1-18-26-25(46-30(18)36)12-6-14-34(26)13-5-9-22-27(42-45-28(22)34)32-40-31(39-19(2)21-10-7-15-37-29(21)35)23-17-38-44(33(23)41-32)20(3)24-11-8-16-43(24)4/h7,10,15,17,19-20,24H,5-6,8-9,11-14,16,36H2,1-4H3,(H2,35,37)(H,39,40,41)/t19-,20+,24+,34+/m1/s1. The van der Waals surface area contributed by atoms with E-state index in [4.69, 9.17) is 36.2 Å². The van der Waals surface area contributed by atoms with E-state index in [-0.39, 0.29) is 17.5 Å². The molecule has 11 nitrogen and oxygen atoms in total. The SMILES string of the molecule is Cc1c(N)sc2c1[C@@]1(CCC2)CCCc2c(-c3nc(N[C@H](C)c4cccnc4N)c4cnn([C@@H](C)[C@@H]5CCCN5C)c4n3)noc21. The number of hydrogen-bond acceptors (Lipinski definition) is 11. The Morgan fingerprint density at radius 1 is 1.13 bits per heavy atom. The number of nitrogens with zero attached hydrogens (tertiary/aromatic N) is 7. The van der Waals surface area contributed by atoms with Crippen molar-refractivity contribution in [2.75, 3.05) is 30.4 Å². The molecular formula is C34H42N10OS. The monoisotopic (exact) mass is 638 g/mol. The van der Waals surface area contributed by atoms with Crippen molar-refractivity contribution >= 4 is 39.0 Å². The molecule has 4 atom stereocenters. The fourth-order valence-corrected chi connectivity index (χ4v) is 9.77. The van der Waals surface area contributed by atoms with Crippen LogP contribution in [0.3, 0.4) is 0 Å². The lowest BCUT2D eigenvalue weighted by Crippen LogP contribution is -2.35. The summed E-state index contributed by atoms with van der Waals surface area (Å²) >= 11 is 1.74. The highest BCUT2D eigenvalue weighted by atomic mass is 32.1. The van der Waals surface area contributed by atoms with Crippen LogP contribution in [0.5, 0.6) is 0 Å². The summed E-state index contributed by atoms with van der Waals surface area (Å²) in [6.07, 6.45) is 12.1. The van der Waals surface area contributed by atoms with Crippen LogP contribution in [0.2, 0.25) is 0 Å². The molecule has 12 heteroatoms. The topological polar surface area (TPSA) is 150 Å². The van der Waals surface area contributed by atoms with E-state index < -0.39 is 0 Å². The minimum absolute atomic E-state index is 0.133.